The van der Waals surface area contributed by atoms with Gasteiger partial charge in [-0.2, -0.15) is 0 Å². The van der Waals surface area contributed by atoms with Crippen molar-refractivity contribution in [2.24, 2.45) is 4.99 Å². The zero-order valence-electron chi connectivity index (χ0n) is 17.4. The minimum Gasteiger partial charge on any atom is -0.376 e. The Morgan fingerprint density at radius 2 is 1.90 bits per heavy atom. The number of aromatic nitrogens is 2. The Morgan fingerprint density at radius 1 is 1.03 bits per heavy atom. The molecule has 3 aromatic rings. The summed E-state index contributed by atoms with van der Waals surface area (Å²) >= 11 is 1.69. The summed E-state index contributed by atoms with van der Waals surface area (Å²) in [5, 5.41) is 2.24. The largest absolute Gasteiger partial charge is 0.376 e. The van der Waals surface area contributed by atoms with E-state index in [4.69, 9.17) is 9.73 Å². The molecule has 5 rings (SSSR count). The SMILES string of the molecule is c1cncc(N=c2scc(-c3ccc(C4CCCCC4)cc3)n2CC2CCCO2)c1. The standard InChI is InChI=1S/C25H29N3OS/c1-2-6-19(7-3-1)20-10-12-21(13-11-20)24-18-30-25(27-22-8-4-14-26-16-22)28(24)17-23-9-5-15-29-23/h4,8,10-14,16,18-19,23H,1-3,5-7,9,15,17H2. The van der Waals surface area contributed by atoms with E-state index < -0.39 is 0 Å². The van der Waals surface area contributed by atoms with Crippen LogP contribution in [-0.2, 0) is 11.3 Å². The molecule has 3 heterocycles. The molecule has 30 heavy (non-hydrogen) atoms. The Hall–Kier alpha value is -2.24. The summed E-state index contributed by atoms with van der Waals surface area (Å²) in [5.41, 5.74) is 4.88. The maximum absolute atomic E-state index is 5.95. The molecule has 156 valence electrons. The van der Waals surface area contributed by atoms with Gasteiger partial charge in [0.2, 0.25) is 0 Å². The van der Waals surface area contributed by atoms with Crippen LogP contribution in [0.25, 0.3) is 11.3 Å². The van der Waals surface area contributed by atoms with Crippen molar-refractivity contribution in [3.63, 3.8) is 0 Å². The van der Waals surface area contributed by atoms with Crippen molar-refractivity contribution in [3.05, 3.63) is 64.5 Å². The topological polar surface area (TPSA) is 39.4 Å². The first-order chi connectivity index (χ1) is 14.9. The molecule has 0 amide bonds. The summed E-state index contributed by atoms with van der Waals surface area (Å²) in [7, 11) is 0. The first-order valence-corrected chi connectivity index (χ1v) is 12.1. The van der Waals surface area contributed by atoms with Gasteiger partial charge < -0.3 is 9.30 Å². The number of pyridine rings is 1. The lowest BCUT2D eigenvalue weighted by Gasteiger charge is -2.22. The van der Waals surface area contributed by atoms with Gasteiger partial charge in [-0.1, -0.05) is 43.5 Å². The number of hydrogen-bond donors (Lipinski definition) is 0. The van der Waals surface area contributed by atoms with Crippen LogP contribution in [0, 0.1) is 0 Å². The second-order valence-electron chi connectivity index (χ2n) is 8.43. The van der Waals surface area contributed by atoms with Crippen LogP contribution < -0.4 is 4.80 Å². The summed E-state index contributed by atoms with van der Waals surface area (Å²) < 4.78 is 8.29. The van der Waals surface area contributed by atoms with Gasteiger partial charge in [0.15, 0.2) is 4.80 Å². The third-order valence-electron chi connectivity index (χ3n) is 6.36. The normalized spacial score (nSPS) is 20.7. The molecular weight excluding hydrogens is 390 g/mol. The third-order valence-corrected chi connectivity index (χ3v) is 7.23. The van der Waals surface area contributed by atoms with Gasteiger partial charge in [0.05, 0.1) is 30.2 Å². The minimum atomic E-state index is 0.271. The molecule has 1 saturated heterocycles. The fourth-order valence-electron chi connectivity index (χ4n) is 4.71. The maximum atomic E-state index is 5.95. The predicted molar refractivity (Wildman–Crippen MR) is 122 cm³/mol. The fraction of sp³-hybridized carbons (Fsp3) is 0.440. The number of nitrogens with zero attached hydrogens (tertiary/aromatic N) is 3. The lowest BCUT2D eigenvalue weighted by atomic mass is 9.84. The van der Waals surface area contributed by atoms with Crippen LogP contribution in [0.2, 0.25) is 0 Å². The van der Waals surface area contributed by atoms with Crippen molar-refractivity contribution in [1.29, 1.82) is 0 Å². The van der Waals surface area contributed by atoms with Gasteiger partial charge in [0.1, 0.15) is 0 Å². The van der Waals surface area contributed by atoms with Crippen molar-refractivity contribution in [1.82, 2.24) is 9.55 Å². The summed E-state index contributed by atoms with van der Waals surface area (Å²) in [6.07, 6.45) is 13.0. The third kappa shape index (κ3) is 4.42. The van der Waals surface area contributed by atoms with Gasteiger partial charge in [-0.25, -0.2) is 4.99 Å². The number of ether oxygens (including phenoxy) is 1. The zero-order chi connectivity index (χ0) is 20.2. The van der Waals surface area contributed by atoms with Crippen LogP contribution in [0.3, 0.4) is 0 Å². The average molecular weight is 420 g/mol. The Labute approximate surface area is 182 Å². The van der Waals surface area contributed by atoms with Gasteiger partial charge in [-0.05, 0) is 54.9 Å². The molecule has 1 aromatic carbocycles. The van der Waals surface area contributed by atoms with Crippen molar-refractivity contribution in [2.45, 2.75) is 63.5 Å². The Kier molecular flexibility index (Phi) is 6.09. The number of hydrogen-bond acceptors (Lipinski definition) is 4. The minimum absolute atomic E-state index is 0.271. The monoisotopic (exact) mass is 419 g/mol. The zero-order valence-corrected chi connectivity index (χ0v) is 18.2. The highest BCUT2D eigenvalue weighted by atomic mass is 32.1. The fourth-order valence-corrected chi connectivity index (χ4v) is 5.65. The molecule has 1 unspecified atom stereocenters. The maximum Gasteiger partial charge on any atom is 0.190 e. The first-order valence-electron chi connectivity index (χ1n) is 11.2. The highest BCUT2D eigenvalue weighted by Gasteiger charge is 2.20. The van der Waals surface area contributed by atoms with Crippen molar-refractivity contribution >= 4 is 17.0 Å². The molecule has 1 saturated carbocycles. The van der Waals surface area contributed by atoms with Crippen molar-refractivity contribution < 1.29 is 4.74 Å². The highest BCUT2D eigenvalue weighted by Crippen LogP contribution is 2.33. The first kappa shape index (κ1) is 19.7. The van der Waals surface area contributed by atoms with E-state index in [-0.39, 0.29) is 6.10 Å². The Morgan fingerprint density at radius 3 is 2.63 bits per heavy atom. The van der Waals surface area contributed by atoms with Crippen molar-refractivity contribution in [2.75, 3.05) is 6.61 Å². The number of thiazole rings is 1. The lowest BCUT2D eigenvalue weighted by molar-refractivity contribution is 0.0968. The smallest absolute Gasteiger partial charge is 0.190 e. The van der Waals surface area contributed by atoms with Crippen molar-refractivity contribution in [3.8, 4) is 11.3 Å². The molecule has 2 aliphatic rings. The molecule has 1 aliphatic carbocycles. The van der Waals surface area contributed by atoms with Gasteiger partial charge in [0, 0.05) is 18.2 Å². The van der Waals surface area contributed by atoms with Crippen LogP contribution in [0.15, 0.2) is 59.2 Å². The highest BCUT2D eigenvalue weighted by molar-refractivity contribution is 7.07. The number of benzene rings is 1. The Balaban J connectivity index is 1.48. The molecule has 0 N–H and O–H groups in total. The second kappa shape index (κ2) is 9.27. The lowest BCUT2D eigenvalue weighted by Crippen LogP contribution is -2.24. The molecule has 0 radical (unpaired) electrons. The summed E-state index contributed by atoms with van der Waals surface area (Å²) in [5.74, 6) is 0.741. The molecule has 2 fully saturated rings. The van der Waals surface area contributed by atoms with E-state index in [1.807, 2.05) is 18.3 Å². The molecule has 2 aromatic heterocycles. The summed E-state index contributed by atoms with van der Waals surface area (Å²) in [6, 6.07) is 13.2. The molecule has 1 aliphatic heterocycles. The van der Waals surface area contributed by atoms with E-state index in [1.54, 1.807) is 17.5 Å². The van der Waals surface area contributed by atoms with Crippen LogP contribution in [0.1, 0.15) is 56.4 Å². The number of rotatable bonds is 5. The molecule has 5 heteroatoms. The summed E-state index contributed by atoms with van der Waals surface area (Å²) in [6.45, 7) is 1.72. The van der Waals surface area contributed by atoms with E-state index in [0.29, 0.717) is 0 Å². The summed E-state index contributed by atoms with van der Waals surface area (Å²) in [4.78, 5) is 10.1. The molecule has 0 spiro atoms. The van der Waals surface area contributed by atoms with Crippen LogP contribution >= 0.6 is 11.3 Å². The molecule has 1 atom stereocenters. The van der Waals surface area contributed by atoms with Crippen LogP contribution in [-0.4, -0.2) is 22.3 Å². The average Bonchev–Trinajstić information content (AvgIpc) is 3.46. The van der Waals surface area contributed by atoms with Crippen LogP contribution in [0.5, 0.6) is 0 Å². The van der Waals surface area contributed by atoms with Crippen LogP contribution in [0.4, 0.5) is 5.69 Å². The predicted octanol–water partition coefficient (Wildman–Crippen LogP) is 6.07. The van der Waals surface area contributed by atoms with E-state index in [1.165, 1.54) is 48.9 Å². The van der Waals surface area contributed by atoms with E-state index in [0.717, 1.165) is 42.4 Å². The van der Waals surface area contributed by atoms with E-state index >= 15 is 0 Å². The molecule has 4 nitrogen and oxygen atoms in total. The molecule has 0 bridgehead atoms. The molecular formula is C25H29N3OS. The second-order valence-corrected chi connectivity index (χ2v) is 9.27. The van der Waals surface area contributed by atoms with Gasteiger partial charge >= 0.3 is 0 Å². The van der Waals surface area contributed by atoms with E-state index in [9.17, 15) is 0 Å². The van der Waals surface area contributed by atoms with E-state index in [2.05, 4.69) is 39.2 Å². The quantitative estimate of drug-likeness (QED) is 0.503. The van der Waals surface area contributed by atoms with Gasteiger partial charge in [-0.3, -0.25) is 4.98 Å². The van der Waals surface area contributed by atoms with Gasteiger partial charge in [-0.15, -0.1) is 11.3 Å². The van der Waals surface area contributed by atoms with Gasteiger partial charge in [0.25, 0.3) is 0 Å². The Bertz CT molecular complexity index is 1010.